The molecule has 1 saturated heterocycles. The van der Waals surface area contributed by atoms with Gasteiger partial charge >= 0.3 is 0 Å². The normalized spacial score (nSPS) is 18.9. The summed E-state index contributed by atoms with van der Waals surface area (Å²) in [6.07, 6.45) is 3.92. The van der Waals surface area contributed by atoms with E-state index in [4.69, 9.17) is 37.7 Å². The minimum atomic E-state index is 0.443. The van der Waals surface area contributed by atoms with Gasteiger partial charge in [-0.3, -0.25) is 0 Å². The highest BCUT2D eigenvalue weighted by Crippen LogP contribution is 2.46. The second kappa shape index (κ2) is 8.34. The Labute approximate surface area is 180 Å². The van der Waals surface area contributed by atoms with Gasteiger partial charge in [0, 0.05) is 35.7 Å². The van der Waals surface area contributed by atoms with Crippen LogP contribution in [-0.4, -0.2) is 36.8 Å². The van der Waals surface area contributed by atoms with Crippen LogP contribution in [0, 0.1) is 5.92 Å². The minimum Gasteiger partial charge on any atom is -0.495 e. The van der Waals surface area contributed by atoms with Crippen LogP contribution in [-0.2, 0) is 6.42 Å². The third kappa shape index (κ3) is 4.00. The molecular formula is C22H23Cl2N3O2. The number of fused-ring (bicyclic) bond motifs is 1. The maximum Gasteiger partial charge on any atom is 0.141 e. The Morgan fingerprint density at radius 1 is 1.10 bits per heavy atom. The van der Waals surface area contributed by atoms with Crippen molar-refractivity contribution in [3.05, 3.63) is 46.3 Å². The summed E-state index contributed by atoms with van der Waals surface area (Å²) in [5, 5.41) is 5.29. The topological polar surface area (TPSA) is 56.3 Å². The van der Waals surface area contributed by atoms with E-state index in [-0.39, 0.29) is 0 Å². The molecule has 1 aliphatic rings. The highest BCUT2D eigenvalue weighted by Gasteiger charge is 2.22. The predicted octanol–water partition coefficient (Wildman–Crippen LogP) is 5.16. The van der Waals surface area contributed by atoms with Gasteiger partial charge in [0.05, 0.1) is 29.8 Å². The van der Waals surface area contributed by atoms with Gasteiger partial charge in [0.1, 0.15) is 17.3 Å². The lowest BCUT2D eigenvalue weighted by atomic mass is 10.0. The van der Waals surface area contributed by atoms with E-state index in [0.29, 0.717) is 39.1 Å². The molecule has 4 rings (SSSR count). The van der Waals surface area contributed by atoms with Crippen molar-refractivity contribution < 1.29 is 9.47 Å². The second-order valence-corrected chi connectivity index (χ2v) is 8.21. The monoisotopic (exact) mass is 431 g/mol. The molecule has 0 spiro atoms. The number of nitrogens with zero attached hydrogens (tertiary/aromatic N) is 2. The molecule has 152 valence electrons. The summed E-state index contributed by atoms with van der Waals surface area (Å²) in [6, 6.07) is 8.18. The first kappa shape index (κ1) is 20.2. The van der Waals surface area contributed by atoms with Gasteiger partial charge < -0.3 is 14.8 Å². The summed E-state index contributed by atoms with van der Waals surface area (Å²) < 4.78 is 10.8. The second-order valence-electron chi connectivity index (χ2n) is 7.46. The number of aromatic nitrogens is 2. The molecule has 0 unspecified atom stereocenters. The smallest absolute Gasteiger partial charge is 0.141 e. The maximum absolute atomic E-state index is 6.56. The zero-order chi connectivity index (χ0) is 20.5. The van der Waals surface area contributed by atoms with Crippen LogP contribution >= 0.6 is 23.2 Å². The highest BCUT2D eigenvalue weighted by atomic mass is 35.5. The van der Waals surface area contributed by atoms with Crippen molar-refractivity contribution in [2.24, 2.45) is 5.92 Å². The Balaban J connectivity index is 1.70. The van der Waals surface area contributed by atoms with Crippen molar-refractivity contribution in [1.29, 1.82) is 0 Å². The molecule has 1 N–H and O–H groups in total. The van der Waals surface area contributed by atoms with E-state index in [2.05, 4.69) is 17.2 Å². The lowest BCUT2D eigenvalue weighted by Crippen LogP contribution is -2.17. The SMILES string of the molecule is COc1cc(OC)c(Cl)c(-c2ccc3nc(C[C@@H]4CN[C@H](C)C4)ncc3c2)c1Cl. The third-order valence-electron chi connectivity index (χ3n) is 5.41. The van der Waals surface area contributed by atoms with E-state index < -0.39 is 0 Å². The standard InChI is InChI=1S/C22H23Cl2N3O2/c1-12-6-13(10-25-12)7-19-26-11-15-8-14(4-5-16(15)27-19)20-21(23)17(28-2)9-18(29-3)22(20)24/h4-5,8-9,11-13,25H,6-7,10H2,1-3H3/t12-,13-/m1/s1. The fourth-order valence-electron chi connectivity index (χ4n) is 3.91. The van der Waals surface area contributed by atoms with Gasteiger partial charge in [0.2, 0.25) is 0 Å². The molecule has 0 aliphatic carbocycles. The van der Waals surface area contributed by atoms with Gasteiger partial charge in [-0.25, -0.2) is 9.97 Å². The summed E-state index contributed by atoms with van der Waals surface area (Å²) in [7, 11) is 3.13. The summed E-state index contributed by atoms with van der Waals surface area (Å²) in [4.78, 5) is 9.34. The molecule has 29 heavy (non-hydrogen) atoms. The van der Waals surface area contributed by atoms with Crippen molar-refractivity contribution in [2.45, 2.75) is 25.8 Å². The van der Waals surface area contributed by atoms with Crippen molar-refractivity contribution >= 4 is 34.1 Å². The van der Waals surface area contributed by atoms with E-state index in [0.717, 1.165) is 41.7 Å². The lowest BCUT2D eigenvalue weighted by Gasteiger charge is -2.15. The van der Waals surface area contributed by atoms with Crippen LogP contribution in [0.4, 0.5) is 0 Å². The van der Waals surface area contributed by atoms with Crippen LogP contribution in [0.1, 0.15) is 19.2 Å². The lowest BCUT2D eigenvalue weighted by molar-refractivity contribution is 0.395. The molecule has 7 heteroatoms. The zero-order valence-electron chi connectivity index (χ0n) is 16.6. The van der Waals surface area contributed by atoms with E-state index in [1.54, 1.807) is 20.3 Å². The number of hydrogen-bond donors (Lipinski definition) is 1. The average molecular weight is 432 g/mol. The number of rotatable bonds is 5. The van der Waals surface area contributed by atoms with E-state index in [1.807, 2.05) is 24.4 Å². The Morgan fingerprint density at radius 2 is 1.83 bits per heavy atom. The largest absolute Gasteiger partial charge is 0.495 e. The van der Waals surface area contributed by atoms with Crippen LogP contribution in [0.25, 0.3) is 22.0 Å². The quantitative estimate of drug-likeness (QED) is 0.604. The molecule has 0 radical (unpaired) electrons. The number of halogens is 2. The first-order chi connectivity index (χ1) is 14.0. The average Bonchev–Trinajstić information content (AvgIpc) is 3.13. The van der Waals surface area contributed by atoms with Crippen LogP contribution in [0.2, 0.25) is 10.0 Å². The van der Waals surface area contributed by atoms with Crippen molar-refractivity contribution in [1.82, 2.24) is 15.3 Å². The van der Waals surface area contributed by atoms with Gasteiger partial charge in [-0.1, -0.05) is 29.3 Å². The maximum atomic E-state index is 6.56. The van der Waals surface area contributed by atoms with E-state index in [9.17, 15) is 0 Å². The number of hydrogen-bond acceptors (Lipinski definition) is 5. The molecule has 0 saturated carbocycles. The van der Waals surface area contributed by atoms with Crippen LogP contribution < -0.4 is 14.8 Å². The van der Waals surface area contributed by atoms with Gasteiger partial charge in [-0.2, -0.15) is 0 Å². The molecular weight excluding hydrogens is 409 g/mol. The number of nitrogens with one attached hydrogen (secondary N) is 1. The van der Waals surface area contributed by atoms with Gasteiger partial charge in [-0.15, -0.1) is 0 Å². The van der Waals surface area contributed by atoms with Crippen molar-refractivity contribution in [3.63, 3.8) is 0 Å². The molecule has 3 aromatic rings. The molecule has 1 fully saturated rings. The van der Waals surface area contributed by atoms with Gasteiger partial charge in [0.15, 0.2) is 0 Å². The first-order valence-corrected chi connectivity index (χ1v) is 10.3. The molecule has 2 heterocycles. The highest BCUT2D eigenvalue weighted by molar-refractivity contribution is 6.41. The van der Waals surface area contributed by atoms with Gasteiger partial charge in [-0.05, 0) is 43.5 Å². The summed E-state index contributed by atoms with van der Waals surface area (Å²) in [5.74, 6) is 2.48. The number of ether oxygens (including phenoxy) is 2. The molecule has 1 aliphatic heterocycles. The summed E-state index contributed by atoms with van der Waals surface area (Å²) >= 11 is 13.1. The fraction of sp³-hybridized carbons (Fsp3) is 0.364. The van der Waals surface area contributed by atoms with Crippen LogP contribution in [0.3, 0.4) is 0 Å². The molecule has 0 amide bonds. The molecule has 2 atom stereocenters. The fourth-order valence-corrected chi connectivity index (χ4v) is 4.63. The molecule has 0 bridgehead atoms. The summed E-state index contributed by atoms with van der Waals surface area (Å²) in [5.41, 5.74) is 2.43. The predicted molar refractivity (Wildman–Crippen MR) is 117 cm³/mol. The zero-order valence-corrected chi connectivity index (χ0v) is 18.1. The Hall–Kier alpha value is -2.08. The Kier molecular flexibility index (Phi) is 5.81. The van der Waals surface area contributed by atoms with Gasteiger partial charge in [0.25, 0.3) is 0 Å². The first-order valence-electron chi connectivity index (χ1n) is 9.59. The van der Waals surface area contributed by atoms with E-state index in [1.165, 1.54) is 0 Å². The number of benzene rings is 2. The molecule has 1 aromatic heterocycles. The van der Waals surface area contributed by atoms with Crippen LogP contribution in [0.5, 0.6) is 11.5 Å². The summed E-state index contributed by atoms with van der Waals surface area (Å²) in [6.45, 7) is 3.24. The Bertz CT molecular complexity index is 1030. The number of methoxy groups -OCH3 is 2. The Morgan fingerprint density at radius 3 is 2.45 bits per heavy atom. The third-order valence-corrected chi connectivity index (χ3v) is 6.16. The van der Waals surface area contributed by atoms with Crippen molar-refractivity contribution in [2.75, 3.05) is 20.8 Å². The molecule has 5 nitrogen and oxygen atoms in total. The van der Waals surface area contributed by atoms with Crippen LogP contribution in [0.15, 0.2) is 30.5 Å². The minimum absolute atomic E-state index is 0.443. The molecule has 2 aromatic carbocycles. The van der Waals surface area contributed by atoms with Crippen molar-refractivity contribution in [3.8, 4) is 22.6 Å². The van der Waals surface area contributed by atoms with E-state index >= 15 is 0 Å².